The van der Waals surface area contributed by atoms with E-state index in [4.69, 9.17) is 0 Å². The average molecular weight is 195 g/mol. The Bertz CT molecular complexity index is 271. The zero-order valence-electron chi connectivity index (χ0n) is 8.52. The lowest BCUT2D eigenvalue weighted by Gasteiger charge is -2.12. The highest BCUT2D eigenvalue weighted by Gasteiger charge is 2.01. The van der Waals surface area contributed by atoms with Crippen LogP contribution in [0, 0.1) is 20.8 Å². The first kappa shape index (κ1) is 10.5. The van der Waals surface area contributed by atoms with Gasteiger partial charge in [0.25, 0.3) is 0 Å². The predicted molar refractivity (Wildman–Crippen MR) is 63.0 cm³/mol. The molecule has 0 saturated carbocycles. The molecule has 2 heteroatoms. The third-order valence-corrected chi connectivity index (χ3v) is 2.31. The monoisotopic (exact) mass is 195 g/mol. The fraction of sp³-hybridized carbons (Fsp3) is 0.455. The Morgan fingerprint density at radius 2 is 1.69 bits per heavy atom. The van der Waals surface area contributed by atoms with Crippen LogP contribution in [0.25, 0.3) is 0 Å². The molecule has 0 spiro atoms. The Balaban J connectivity index is 2.92. The van der Waals surface area contributed by atoms with Crippen LogP contribution in [0.1, 0.15) is 16.7 Å². The van der Waals surface area contributed by atoms with Crippen molar-refractivity contribution in [1.29, 1.82) is 0 Å². The van der Waals surface area contributed by atoms with Gasteiger partial charge in [-0.15, -0.1) is 0 Å². The summed E-state index contributed by atoms with van der Waals surface area (Å²) in [4.78, 5) is 0. The van der Waals surface area contributed by atoms with Crippen molar-refractivity contribution in [1.82, 2.24) is 0 Å². The smallest absolute Gasteiger partial charge is 0.0400 e. The first-order chi connectivity index (χ1) is 6.15. The van der Waals surface area contributed by atoms with Crippen LogP contribution >= 0.6 is 12.6 Å². The normalized spacial score (nSPS) is 10.2. The van der Waals surface area contributed by atoms with Gasteiger partial charge in [-0.2, -0.15) is 12.6 Å². The predicted octanol–water partition coefficient (Wildman–Crippen LogP) is 2.95. The number of rotatable bonds is 3. The molecule has 0 unspecified atom stereocenters. The van der Waals surface area contributed by atoms with Gasteiger partial charge >= 0.3 is 0 Å². The lowest BCUT2D eigenvalue weighted by atomic mass is 10.1. The van der Waals surface area contributed by atoms with Crippen molar-refractivity contribution >= 4 is 18.3 Å². The molecule has 0 aliphatic heterocycles. The van der Waals surface area contributed by atoms with E-state index in [0.717, 1.165) is 12.3 Å². The standard InChI is InChI=1S/C11H17NS/c1-8-6-9(2)11(10(3)7-8)12-4-5-13/h6-7,12-13H,4-5H2,1-3H3. The lowest BCUT2D eigenvalue weighted by molar-refractivity contribution is 1.19. The third-order valence-electron chi connectivity index (χ3n) is 2.09. The molecule has 1 rings (SSSR count). The number of anilines is 1. The van der Waals surface area contributed by atoms with Gasteiger partial charge in [-0.05, 0) is 31.9 Å². The molecular weight excluding hydrogens is 178 g/mol. The summed E-state index contributed by atoms with van der Waals surface area (Å²) in [6, 6.07) is 4.40. The van der Waals surface area contributed by atoms with E-state index < -0.39 is 0 Å². The van der Waals surface area contributed by atoms with E-state index in [2.05, 4.69) is 50.8 Å². The Labute approximate surface area is 86.0 Å². The minimum atomic E-state index is 0.868. The molecule has 1 aromatic carbocycles. The van der Waals surface area contributed by atoms with Crippen molar-refractivity contribution in [2.45, 2.75) is 20.8 Å². The molecular formula is C11H17NS. The van der Waals surface area contributed by atoms with E-state index in [-0.39, 0.29) is 0 Å². The number of hydrogen-bond donors (Lipinski definition) is 2. The SMILES string of the molecule is Cc1cc(C)c(NCCS)c(C)c1. The largest absolute Gasteiger partial charge is 0.384 e. The summed E-state index contributed by atoms with van der Waals surface area (Å²) in [7, 11) is 0. The minimum absolute atomic E-state index is 0.868. The molecule has 1 nitrogen and oxygen atoms in total. The number of hydrogen-bond acceptors (Lipinski definition) is 2. The van der Waals surface area contributed by atoms with Crippen LogP contribution in [-0.2, 0) is 0 Å². The van der Waals surface area contributed by atoms with E-state index in [9.17, 15) is 0 Å². The molecule has 13 heavy (non-hydrogen) atoms. The Morgan fingerprint density at radius 3 is 2.15 bits per heavy atom. The van der Waals surface area contributed by atoms with Crippen molar-refractivity contribution in [2.24, 2.45) is 0 Å². The van der Waals surface area contributed by atoms with Crippen molar-refractivity contribution in [3.05, 3.63) is 28.8 Å². The average Bonchev–Trinajstić information content (AvgIpc) is 2.02. The summed E-state index contributed by atoms with van der Waals surface area (Å²) >= 11 is 4.18. The van der Waals surface area contributed by atoms with Crippen LogP contribution in [0.15, 0.2) is 12.1 Å². The molecule has 0 amide bonds. The fourth-order valence-corrected chi connectivity index (χ4v) is 1.75. The maximum Gasteiger partial charge on any atom is 0.0400 e. The highest BCUT2D eigenvalue weighted by Crippen LogP contribution is 2.21. The fourth-order valence-electron chi connectivity index (χ4n) is 1.64. The van der Waals surface area contributed by atoms with Crippen molar-refractivity contribution in [2.75, 3.05) is 17.6 Å². The lowest BCUT2D eigenvalue weighted by Crippen LogP contribution is -2.05. The molecule has 0 aliphatic rings. The summed E-state index contributed by atoms with van der Waals surface area (Å²) < 4.78 is 0. The topological polar surface area (TPSA) is 12.0 Å². The van der Waals surface area contributed by atoms with Gasteiger partial charge in [-0.25, -0.2) is 0 Å². The van der Waals surface area contributed by atoms with E-state index in [1.807, 2.05) is 0 Å². The van der Waals surface area contributed by atoms with E-state index in [1.54, 1.807) is 0 Å². The third kappa shape index (κ3) is 2.66. The van der Waals surface area contributed by atoms with Crippen LogP contribution in [0.5, 0.6) is 0 Å². The van der Waals surface area contributed by atoms with Crippen LogP contribution < -0.4 is 5.32 Å². The molecule has 0 radical (unpaired) electrons. The summed E-state index contributed by atoms with van der Waals surface area (Å²) in [6.45, 7) is 7.33. The number of nitrogens with one attached hydrogen (secondary N) is 1. The number of benzene rings is 1. The molecule has 0 aromatic heterocycles. The van der Waals surface area contributed by atoms with Crippen LogP contribution in [0.3, 0.4) is 0 Å². The van der Waals surface area contributed by atoms with Gasteiger partial charge in [0.1, 0.15) is 0 Å². The molecule has 1 aromatic rings. The first-order valence-corrected chi connectivity index (χ1v) is 5.21. The highest BCUT2D eigenvalue weighted by molar-refractivity contribution is 7.80. The molecule has 72 valence electrons. The van der Waals surface area contributed by atoms with Gasteiger partial charge < -0.3 is 5.32 Å². The Morgan fingerprint density at radius 1 is 1.15 bits per heavy atom. The second kappa shape index (κ2) is 4.56. The minimum Gasteiger partial charge on any atom is -0.384 e. The molecule has 1 N–H and O–H groups in total. The molecule has 0 fully saturated rings. The zero-order valence-corrected chi connectivity index (χ0v) is 9.41. The maximum absolute atomic E-state index is 4.18. The van der Waals surface area contributed by atoms with Crippen LogP contribution in [-0.4, -0.2) is 12.3 Å². The first-order valence-electron chi connectivity index (χ1n) is 4.57. The van der Waals surface area contributed by atoms with Crippen molar-refractivity contribution in [3.8, 4) is 0 Å². The number of aryl methyl sites for hydroxylation is 3. The van der Waals surface area contributed by atoms with E-state index >= 15 is 0 Å². The zero-order chi connectivity index (χ0) is 9.84. The van der Waals surface area contributed by atoms with Gasteiger partial charge in [-0.3, -0.25) is 0 Å². The number of thiol groups is 1. The van der Waals surface area contributed by atoms with E-state index in [0.29, 0.717) is 0 Å². The molecule has 0 saturated heterocycles. The van der Waals surface area contributed by atoms with Gasteiger partial charge in [0, 0.05) is 18.0 Å². The Kier molecular flexibility index (Phi) is 3.67. The Hall–Kier alpha value is -0.630. The molecule has 0 aliphatic carbocycles. The highest BCUT2D eigenvalue weighted by atomic mass is 32.1. The second-order valence-electron chi connectivity index (χ2n) is 3.42. The summed E-state index contributed by atoms with van der Waals surface area (Å²) in [5.74, 6) is 0.868. The van der Waals surface area contributed by atoms with Crippen LogP contribution in [0.2, 0.25) is 0 Å². The van der Waals surface area contributed by atoms with Crippen molar-refractivity contribution < 1.29 is 0 Å². The van der Waals surface area contributed by atoms with E-state index in [1.165, 1.54) is 22.4 Å². The summed E-state index contributed by atoms with van der Waals surface area (Å²) in [5, 5.41) is 3.38. The molecule has 0 heterocycles. The summed E-state index contributed by atoms with van der Waals surface area (Å²) in [6.07, 6.45) is 0. The van der Waals surface area contributed by atoms with Gasteiger partial charge in [0.2, 0.25) is 0 Å². The van der Waals surface area contributed by atoms with Gasteiger partial charge in [0.05, 0.1) is 0 Å². The van der Waals surface area contributed by atoms with Crippen LogP contribution in [0.4, 0.5) is 5.69 Å². The van der Waals surface area contributed by atoms with Gasteiger partial charge in [-0.1, -0.05) is 17.7 Å². The summed E-state index contributed by atoms with van der Waals surface area (Å²) in [5.41, 5.74) is 5.23. The quantitative estimate of drug-likeness (QED) is 0.707. The van der Waals surface area contributed by atoms with Crippen molar-refractivity contribution in [3.63, 3.8) is 0 Å². The maximum atomic E-state index is 4.18. The van der Waals surface area contributed by atoms with Gasteiger partial charge in [0.15, 0.2) is 0 Å². The molecule has 0 atom stereocenters. The molecule has 0 bridgehead atoms. The second-order valence-corrected chi connectivity index (χ2v) is 3.87.